The molecule has 0 spiro atoms. The summed E-state index contributed by atoms with van der Waals surface area (Å²) in [5.41, 5.74) is -0.239. The standard InChI is InChI=1S/C14H9Cl2NO5/c15-9-1-4-13(11(16)7-9)22-10-2-3-12(17(20)21)8(5-10)6-14(18)19/h1-5,7H,6H2,(H,18,19). The first kappa shape index (κ1) is 16.1. The molecule has 114 valence electrons. The monoisotopic (exact) mass is 341 g/mol. The summed E-state index contributed by atoms with van der Waals surface area (Å²) < 4.78 is 5.51. The van der Waals surface area contributed by atoms with E-state index < -0.39 is 17.3 Å². The van der Waals surface area contributed by atoms with E-state index in [1.54, 1.807) is 12.1 Å². The molecule has 0 unspecified atom stereocenters. The number of hydrogen-bond donors (Lipinski definition) is 1. The first-order valence-corrected chi connectivity index (χ1v) is 6.74. The Hall–Kier alpha value is -2.31. The lowest BCUT2D eigenvalue weighted by Gasteiger charge is -2.09. The zero-order chi connectivity index (χ0) is 16.3. The molecule has 0 heterocycles. The minimum atomic E-state index is -1.18. The Bertz CT molecular complexity index is 748. The lowest BCUT2D eigenvalue weighted by molar-refractivity contribution is -0.385. The summed E-state index contributed by atoms with van der Waals surface area (Å²) in [5.74, 6) is -0.628. The molecule has 6 nitrogen and oxygen atoms in total. The highest BCUT2D eigenvalue weighted by atomic mass is 35.5. The van der Waals surface area contributed by atoms with E-state index in [-0.39, 0.29) is 22.0 Å². The lowest BCUT2D eigenvalue weighted by Crippen LogP contribution is -2.04. The molecule has 0 aliphatic rings. The Morgan fingerprint density at radius 3 is 2.55 bits per heavy atom. The summed E-state index contributed by atoms with van der Waals surface area (Å²) in [6.07, 6.45) is -0.484. The van der Waals surface area contributed by atoms with Crippen LogP contribution < -0.4 is 4.74 Å². The summed E-state index contributed by atoms with van der Waals surface area (Å²) in [6, 6.07) is 8.47. The van der Waals surface area contributed by atoms with Crippen molar-refractivity contribution < 1.29 is 19.6 Å². The van der Waals surface area contributed by atoms with Crippen molar-refractivity contribution in [3.8, 4) is 11.5 Å². The number of ether oxygens (including phenoxy) is 1. The smallest absolute Gasteiger partial charge is 0.308 e. The fraction of sp³-hybridized carbons (Fsp3) is 0.0714. The fourth-order valence-corrected chi connectivity index (χ4v) is 2.24. The Morgan fingerprint density at radius 1 is 1.23 bits per heavy atom. The Labute approximate surface area is 135 Å². The molecule has 0 aromatic heterocycles. The number of hydrogen-bond acceptors (Lipinski definition) is 4. The maximum Gasteiger partial charge on any atom is 0.308 e. The number of halogens is 2. The molecule has 8 heteroatoms. The fourth-order valence-electron chi connectivity index (χ4n) is 1.79. The molecule has 0 radical (unpaired) electrons. The third-order valence-corrected chi connectivity index (χ3v) is 3.24. The van der Waals surface area contributed by atoms with E-state index in [1.807, 2.05) is 0 Å². The molecule has 0 amide bonds. The third kappa shape index (κ3) is 3.87. The second-order valence-corrected chi connectivity index (χ2v) is 5.14. The number of rotatable bonds is 5. The second kappa shape index (κ2) is 6.64. The number of nitrogens with zero attached hydrogens (tertiary/aromatic N) is 1. The zero-order valence-corrected chi connectivity index (χ0v) is 12.5. The molecule has 0 atom stereocenters. The maximum atomic E-state index is 10.9. The van der Waals surface area contributed by atoms with Crippen LogP contribution in [-0.4, -0.2) is 16.0 Å². The zero-order valence-electron chi connectivity index (χ0n) is 11.0. The Morgan fingerprint density at radius 2 is 1.95 bits per heavy atom. The van der Waals surface area contributed by atoms with Gasteiger partial charge in [-0.05, 0) is 30.3 Å². The van der Waals surface area contributed by atoms with E-state index in [4.69, 9.17) is 33.0 Å². The Balaban J connectivity index is 2.35. The van der Waals surface area contributed by atoms with Crippen LogP contribution in [0.3, 0.4) is 0 Å². The SMILES string of the molecule is O=C(O)Cc1cc(Oc2ccc(Cl)cc2Cl)ccc1[N+](=O)[O-]. The molecule has 0 aliphatic carbocycles. The third-order valence-electron chi connectivity index (χ3n) is 2.71. The molecule has 22 heavy (non-hydrogen) atoms. The van der Waals surface area contributed by atoms with Gasteiger partial charge in [-0.2, -0.15) is 0 Å². The van der Waals surface area contributed by atoms with Crippen molar-refractivity contribution in [3.63, 3.8) is 0 Å². The van der Waals surface area contributed by atoms with Gasteiger partial charge in [0.1, 0.15) is 11.5 Å². The largest absolute Gasteiger partial charge is 0.481 e. The first-order chi connectivity index (χ1) is 10.4. The van der Waals surface area contributed by atoms with E-state index in [0.29, 0.717) is 10.8 Å². The van der Waals surface area contributed by atoms with Crippen LogP contribution in [0.1, 0.15) is 5.56 Å². The van der Waals surface area contributed by atoms with Gasteiger partial charge < -0.3 is 9.84 Å². The number of carbonyl (C=O) groups is 1. The average Bonchev–Trinajstić information content (AvgIpc) is 2.41. The van der Waals surface area contributed by atoms with Gasteiger partial charge in [0.15, 0.2) is 0 Å². The van der Waals surface area contributed by atoms with E-state index in [0.717, 1.165) is 0 Å². The maximum absolute atomic E-state index is 10.9. The summed E-state index contributed by atoms with van der Waals surface area (Å²) in [5, 5.41) is 20.4. The molecular weight excluding hydrogens is 333 g/mol. The van der Waals surface area contributed by atoms with Gasteiger partial charge in [-0.25, -0.2) is 0 Å². The van der Waals surface area contributed by atoms with E-state index in [1.165, 1.54) is 24.3 Å². The highest BCUT2D eigenvalue weighted by molar-refractivity contribution is 6.35. The van der Waals surface area contributed by atoms with Gasteiger partial charge in [0.2, 0.25) is 0 Å². The second-order valence-electron chi connectivity index (χ2n) is 4.29. The van der Waals surface area contributed by atoms with Gasteiger partial charge >= 0.3 is 5.97 Å². The molecule has 2 aromatic rings. The molecule has 0 saturated carbocycles. The first-order valence-electron chi connectivity index (χ1n) is 5.99. The molecule has 0 bridgehead atoms. The van der Waals surface area contributed by atoms with Crippen LogP contribution in [0.15, 0.2) is 36.4 Å². The number of carboxylic acids is 1. The average molecular weight is 342 g/mol. The number of aliphatic carboxylic acids is 1. The van der Waals surface area contributed by atoms with Crippen LogP contribution in [0.2, 0.25) is 10.0 Å². The van der Waals surface area contributed by atoms with Crippen LogP contribution in [0, 0.1) is 10.1 Å². The molecule has 0 saturated heterocycles. The van der Waals surface area contributed by atoms with Crippen molar-refractivity contribution in [1.82, 2.24) is 0 Å². The summed E-state index contributed by atoms with van der Waals surface area (Å²) >= 11 is 11.8. The van der Waals surface area contributed by atoms with Crippen LogP contribution in [-0.2, 0) is 11.2 Å². The van der Waals surface area contributed by atoms with Crippen molar-refractivity contribution >= 4 is 34.9 Å². The van der Waals surface area contributed by atoms with E-state index in [2.05, 4.69) is 0 Å². The van der Waals surface area contributed by atoms with Crippen molar-refractivity contribution in [2.75, 3.05) is 0 Å². The topological polar surface area (TPSA) is 89.7 Å². The summed E-state index contributed by atoms with van der Waals surface area (Å²) in [7, 11) is 0. The quantitative estimate of drug-likeness (QED) is 0.645. The number of benzene rings is 2. The highest BCUT2D eigenvalue weighted by Gasteiger charge is 2.17. The normalized spacial score (nSPS) is 10.3. The molecule has 2 aromatic carbocycles. The van der Waals surface area contributed by atoms with Gasteiger partial charge in [0.25, 0.3) is 5.69 Å². The van der Waals surface area contributed by atoms with E-state index >= 15 is 0 Å². The van der Waals surface area contributed by atoms with Gasteiger partial charge in [-0.15, -0.1) is 0 Å². The van der Waals surface area contributed by atoms with Crippen LogP contribution in [0.25, 0.3) is 0 Å². The minimum Gasteiger partial charge on any atom is -0.481 e. The molecule has 2 rings (SSSR count). The van der Waals surface area contributed by atoms with Crippen LogP contribution in [0.4, 0.5) is 5.69 Å². The number of carboxylic acid groups (broad SMARTS) is 1. The molecule has 0 fully saturated rings. The van der Waals surface area contributed by atoms with Crippen LogP contribution >= 0.6 is 23.2 Å². The van der Waals surface area contributed by atoms with Gasteiger partial charge in [0.05, 0.1) is 16.4 Å². The predicted octanol–water partition coefficient (Wildman–Crippen LogP) is 4.32. The van der Waals surface area contributed by atoms with Gasteiger partial charge in [0, 0.05) is 16.7 Å². The van der Waals surface area contributed by atoms with Crippen molar-refractivity contribution in [2.45, 2.75) is 6.42 Å². The van der Waals surface area contributed by atoms with Crippen LogP contribution in [0.5, 0.6) is 11.5 Å². The number of nitro groups is 1. The van der Waals surface area contributed by atoms with Gasteiger partial charge in [-0.3, -0.25) is 14.9 Å². The predicted molar refractivity (Wildman–Crippen MR) is 81.0 cm³/mol. The molecule has 1 N–H and O–H groups in total. The summed E-state index contributed by atoms with van der Waals surface area (Å²) in [6.45, 7) is 0. The summed E-state index contributed by atoms with van der Waals surface area (Å²) in [4.78, 5) is 21.1. The molecular formula is C14H9Cl2NO5. The van der Waals surface area contributed by atoms with Crippen molar-refractivity contribution in [2.24, 2.45) is 0 Å². The minimum absolute atomic E-state index is 0.0417. The lowest BCUT2D eigenvalue weighted by atomic mass is 10.1. The van der Waals surface area contributed by atoms with Crippen molar-refractivity contribution in [3.05, 3.63) is 62.1 Å². The van der Waals surface area contributed by atoms with Crippen molar-refractivity contribution in [1.29, 1.82) is 0 Å². The Kier molecular flexibility index (Phi) is 4.85. The number of nitro benzene ring substituents is 1. The molecule has 0 aliphatic heterocycles. The highest BCUT2D eigenvalue weighted by Crippen LogP contribution is 2.33. The van der Waals surface area contributed by atoms with Gasteiger partial charge in [-0.1, -0.05) is 23.2 Å². The van der Waals surface area contributed by atoms with E-state index in [9.17, 15) is 14.9 Å².